The summed E-state index contributed by atoms with van der Waals surface area (Å²) in [5.41, 5.74) is 0.233. The summed E-state index contributed by atoms with van der Waals surface area (Å²) >= 11 is 1.16. The molecule has 0 heterocycles. The van der Waals surface area contributed by atoms with E-state index in [1.165, 1.54) is 6.07 Å². The van der Waals surface area contributed by atoms with Crippen molar-refractivity contribution in [1.82, 2.24) is 5.32 Å². The second-order valence-electron chi connectivity index (χ2n) is 3.64. The Morgan fingerprint density at radius 3 is 2.79 bits per heavy atom. The van der Waals surface area contributed by atoms with Crippen LogP contribution in [0.3, 0.4) is 0 Å². The van der Waals surface area contributed by atoms with Gasteiger partial charge in [0.15, 0.2) is 0 Å². The molecule has 1 amide bonds. The van der Waals surface area contributed by atoms with Gasteiger partial charge in [0.05, 0.1) is 23.9 Å². The van der Waals surface area contributed by atoms with Crippen LogP contribution in [0.25, 0.3) is 0 Å². The van der Waals surface area contributed by atoms with Gasteiger partial charge in [-0.25, -0.2) is 8.78 Å². The second kappa shape index (κ2) is 7.07. The molecule has 2 N–H and O–H groups in total. The Labute approximate surface area is 113 Å². The molecule has 1 aromatic rings. The molecule has 0 radical (unpaired) electrons. The minimum atomic E-state index is -3.34. The standard InChI is InChI=1S/C12H12F2N2O2S/c13-12(14,8-17)7-16-11(18)9-3-1-2-4-10(9)19-6-5-15/h1-4,17H,6-8H2,(H,16,18). The Kier molecular flexibility index (Phi) is 5.73. The van der Waals surface area contributed by atoms with Crippen LogP contribution >= 0.6 is 11.8 Å². The molecule has 0 atom stereocenters. The van der Waals surface area contributed by atoms with Crippen molar-refractivity contribution in [3.05, 3.63) is 29.8 Å². The number of thioether (sulfide) groups is 1. The van der Waals surface area contributed by atoms with Crippen LogP contribution in [0.4, 0.5) is 8.78 Å². The molecule has 4 nitrogen and oxygen atoms in total. The number of hydrogen-bond acceptors (Lipinski definition) is 4. The molecular formula is C12H12F2N2O2S. The first-order valence-corrected chi connectivity index (χ1v) is 6.34. The maximum absolute atomic E-state index is 12.8. The highest BCUT2D eigenvalue weighted by Crippen LogP contribution is 2.22. The van der Waals surface area contributed by atoms with Crippen LogP contribution in [-0.2, 0) is 0 Å². The number of rotatable bonds is 6. The van der Waals surface area contributed by atoms with Crippen molar-refractivity contribution in [2.45, 2.75) is 10.8 Å². The molecule has 0 aliphatic rings. The molecule has 0 fully saturated rings. The second-order valence-corrected chi connectivity index (χ2v) is 4.66. The van der Waals surface area contributed by atoms with Crippen molar-refractivity contribution in [3.63, 3.8) is 0 Å². The van der Waals surface area contributed by atoms with Crippen LogP contribution in [-0.4, -0.2) is 35.8 Å². The lowest BCUT2D eigenvalue weighted by molar-refractivity contribution is -0.0462. The molecule has 0 saturated heterocycles. The van der Waals surface area contributed by atoms with E-state index >= 15 is 0 Å². The van der Waals surface area contributed by atoms with E-state index in [4.69, 9.17) is 10.4 Å². The van der Waals surface area contributed by atoms with Crippen LogP contribution < -0.4 is 5.32 Å². The lowest BCUT2D eigenvalue weighted by atomic mass is 10.2. The third kappa shape index (κ3) is 4.85. The molecule has 0 aromatic heterocycles. The molecule has 0 aliphatic carbocycles. The molecule has 0 saturated carbocycles. The average molecular weight is 286 g/mol. The van der Waals surface area contributed by atoms with E-state index in [1.54, 1.807) is 18.2 Å². The van der Waals surface area contributed by atoms with Gasteiger partial charge in [-0.2, -0.15) is 5.26 Å². The van der Waals surface area contributed by atoms with Gasteiger partial charge in [0.1, 0.15) is 6.61 Å². The number of carbonyl (C=O) groups is 1. The number of carbonyl (C=O) groups excluding carboxylic acids is 1. The highest BCUT2D eigenvalue weighted by atomic mass is 32.2. The van der Waals surface area contributed by atoms with Crippen LogP contribution in [0.5, 0.6) is 0 Å². The fourth-order valence-corrected chi connectivity index (χ4v) is 1.96. The summed E-state index contributed by atoms with van der Waals surface area (Å²) in [4.78, 5) is 12.3. The summed E-state index contributed by atoms with van der Waals surface area (Å²) in [5.74, 6) is -3.84. The number of halogens is 2. The topological polar surface area (TPSA) is 73.1 Å². The smallest absolute Gasteiger partial charge is 0.287 e. The predicted octanol–water partition coefficient (Wildman–Crippen LogP) is 1.66. The number of hydrogen-bond donors (Lipinski definition) is 2. The fraction of sp³-hybridized carbons (Fsp3) is 0.333. The number of benzene rings is 1. The molecule has 0 spiro atoms. The highest BCUT2D eigenvalue weighted by Gasteiger charge is 2.28. The van der Waals surface area contributed by atoms with Crippen molar-refractivity contribution in [3.8, 4) is 6.07 Å². The van der Waals surface area contributed by atoms with E-state index in [0.29, 0.717) is 4.90 Å². The minimum Gasteiger partial charge on any atom is -0.390 e. The van der Waals surface area contributed by atoms with Gasteiger partial charge in [0.25, 0.3) is 11.8 Å². The first kappa shape index (κ1) is 15.4. The first-order valence-electron chi connectivity index (χ1n) is 5.36. The van der Waals surface area contributed by atoms with E-state index in [9.17, 15) is 13.6 Å². The zero-order valence-electron chi connectivity index (χ0n) is 9.90. The molecule has 1 rings (SSSR count). The summed E-state index contributed by atoms with van der Waals surface area (Å²) in [6.07, 6.45) is 0. The van der Waals surface area contributed by atoms with Crippen molar-refractivity contribution in [2.75, 3.05) is 18.9 Å². The van der Waals surface area contributed by atoms with Gasteiger partial charge in [0.2, 0.25) is 0 Å². The number of amides is 1. The van der Waals surface area contributed by atoms with E-state index < -0.39 is 25.0 Å². The monoisotopic (exact) mass is 286 g/mol. The van der Waals surface area contributed by atoms with E-state index in [-0.39, 0.29) is 11.3 Å². The van der Waals surface area contributed by atoms with Gasteiger partial charge < -0.3 is 10.4 Å². The number of nitrogens with zero attached hydrogens (tertiary/aromatic N) is 1. The van der Waals surface area contributed by atoms with Crippen molar-refractivity contribution in [2.24, 2.45) is 0 Å². The van der Waals surface area contributed by atoms with E-state index in [1.807, 2.05) is 6.07 Å². The van der Waals surface area contributed by atoms with Crippen LogP contribution in [0.1, 0.15) is 10.4 Å². The summed E-state index contributed by atoms with van der Waals surface area (Å²) in [6, 6.07) is 8.36. The van der Waals surface area contributed by atoms with Gasteiger partial charge in [0, 0.05) is 4.90 Å². The lowest BCUT2D eigenvalue weighted by Crippen LogP contribution is -2.39. The highest BCUT2D eigenvalue weighted by molar-refractivity contribution is 7.99. The largest absolute Gasteiger partial charge is 0.390 e. The van der Waals surface area contributed by atoms with Crippen LogP contribution in [0, 0.1) is 11.3 Å². The molecule has 7 heteroatoms. The molecule has 1 aromatic carbocycles. The summed E-state index contributed by atoms with van der Waals surface area (Å²) < 4.78 is 25.6. The average Bonchev–Trinajstić information content (AvgIpc) is 2.43. The molecule has 102 valence electrons. The quantitative estimate of drug-likeness (QED) is 0.780. The molecule has 0 aliphatic heterocycles. The Morgan fingerprint density at radius 2 is 2.16 bits per heavy atom. The van der Waals surface area contributed by atoms with Crippen molar-refractivity contribution in [1.29, 1.82) is 5.26 Å². The Bertz CT molecular complexity index is 489. The number of alkyl halides is 2. The van der Waals surface area contributed by atoms with Crippen molar-refractivity contribution >= 4 is 17.7 Å². The summed E-state index contributed by atoms with van der Waals surface area (Å²) in [6.45, 7) is -2.25. The van der Waals surface area contributed by atoms with Gasteiger partial charge >= 0.3 is 0 Å². The molecule has 19 heavy (non-hydrogen) atoms. The third-order valence-corrected chi connectivity index (χ3v) is 3.10. The predicted molar refractivity (Wildman–Crippen MR) is 67.1 cm³/mol. The van der Waals surface area contributed by atoms with Gasteiger partial charge in [-0.15, -0.1) is 11.8 Å². The SMILES string of the molecule is N#CCSc1ccccc1C(=O)NCC(F)(F)CO. The zero-order valence-corrected chi connectivity index (χ0v) is 10.7. The fourth-order valence-electron chi connectivity index (χ4n) is 1.25. The molecule has 0 bridgehead atoms. The van der Waals surface area contributed by atoms with Crippen molar-refractivity contribution < 1.29 is 18.7 Å². The summed E-state index contributed by atoms with van der Waals surface area (Å²) in [5, 5.41) is 19.0. The lowest BCUT2D eigenvalue weighted by Gasteiger charge is -2.14. The van der Waals surface area contributed by atoms with E-state index in [0.717, 1.165) is 11.8 Å². The van der Waals surface area contributed by atoms with Crippen LogP contribution in [0.2, 0.25) is 0 Å². The zero-order chi connectivity index (χ0) is 14.3. The number of aliphatic hydroxyl groups is 1. The molecular weight excluding hydrogens is 274 g/mol. The Balaban J connectivity index is 2.74. The normalized spacial score (nSPS) is 10.8. The summed E-state index contributed by atoms with van der Waals surface area (Å²) in [7, 11) is 0. The number of aliphatic hydroxyl groups excluding tert-OH is 1. The van der Waals surface area contributed by atoms with Gasteiger partial charge in [-0.05, 0) is 12.1 Å². The molecule has 0 unspecified atom stereocenters. The Hall–Kier alpha value is -1.65. The van der Waals surface area contributed by atoms with Gasteiger partial charge in [-0.3, -0.25) is 4.79 Å². The van der Waals surface area contributed by atoms with Crippen LogP contribution in [0.15, 0.2) is 29.2 Å². The number of nitriles is 1. The number of nitrogens with one attached hydrogen (secondary N) is 1. The third-order valence-electron chi connectivity index (χ3n) is 2.16. The van der Waals surface area contributed by atoms with Gasteiger partial charge in [-0.1, -0.05) is 12.1 Å². The maximum Gasteiger partial charge on any atom is 0.287 e. The minimum absolute atomic E-state index is 0.164. The Morgan fingerprint density at radius 1 is 1.47 bits per heavy atom. The maximum atomic E-state index is 12.8. The van der Waals surface area contributed by atoms with E-state index in [2.05, 4.69) is 5.32 Å². The first-order chi connectivity index (χ1) is 9.00.